The van der Waals surface area contributed by atoms with E-state index in [0.29, 0.717) is 19.0 Å². The fraction of sp³-hybridized carbons (Fsp3) is 0.562. The standard InChI is InChI=1S/C16H24N2O2/c1-3-18(10-11-19)16(20)17-15-12(2)8-9-13-6-4-5-7-14(13)15/h4-7,12,15,19H,3,8-11H2,1-2H3,(H,17,20). The van der Waals surface area contributed by atoms with E-state index in [0.717, 1.165) is 12.8 Å². The molecule has 1 aromatic carbocycles. The Morgan fingerprint density at radius 3 is 2.90 bits per heavy atom. The average Bonchev–Trinajstić information content (AvgIpc) is 2.47. The Bertz CT molecular complexity index is 462. The Balaban J connectivity index is 2.14. The van der Waals surface area contributed by atoms with Gasteiger partial charge >= 0.3 is 6.03 Å². The summed E-state index contributed by atoms with van der Waals surface area (Å²) in [7, 11) is 0. The van der Waals surface area contributed by atoms with E-state index in [9.17, 15) is 4.79 Å². The van der Waals surface area contributed by atoms with Crippen molar-refractivity contribution < 1.29 is 9.90 Å². The zero-order valence-electron chi connectivity index (χ0n) is 12.3. The van der Waals surface area contributed by atoms with Crippen molar-refractivity contribution in [2.45, 2.75) is 32.7 Å². The number of aliphatic hydroxyl groups excluding tert-OH is 1. The number of rotatable bonds is 4. The Labute approximate surface area is 120 Å². The van der Waals surface area contributed by atoms with Crippen LogP contribution in [0.15, 0.2) is 24.3 Å². The van der Waals surface area contributed by atoms with Gasteiger partial charge in [-0.05, 0) is 36.8 Å². The summed E-state index contributed by atoms with van der Waals surface area (Å²) in [5.41, 5.74) is 2.57. The fourth-order valence-electron chi connectivity index (χ4n) is 2.89. The minimum absolute atomic E-state index is 0.00192. The molecule has 20 heavy (non-hydrogen) atoms. The van der Waals surface area contributed by atoms with Gasteiger partial charge < -0.3 is 15.3 Å². The molecule has 0 aliphatic heterocycles. The summed E-state index contributed by atoms with van der Waals surface area (Å²) < 4.78 is 0. The topological polar surface area (TPSA) is 52.6 Å². The van der Waals surface area contributed by atoms with E-state index in [4.69, 9.17) is 5.11 Å². The highest BCUT2D eigenvalue weighted by molar-refractivity contribution is 5.75. The first-order chi connectivity index (χ1) is 9.67. The van der Waals surface area contributed by atoms with Crippen LogP contribution in [0.3, 0.4) is 0 Å². The molecule has 2 rings (SSSR count). The first kappa shape index (κ1) is 14.9. The van der Waals surface area contributed by atoms with Crippen LogP contribution in [-0.2, 0) is 6.42 Å². The minimum Gasteiger partial charge on any atom is -0.395 e. The predicted octanol–water partition coefficient (Wildman–Crippen LogP) is 2.33. The van der Waals surface area contributed by atoms with E-state index in [1.54, 1.807) is 4.90 Å². The van der Waals surface area contributed by atoms with Crippen molar-refractivity contribution in [1.29, 1.82) is 0 Å². The highest BCUT2D eigenvalue weighted by atomic mass is 16.3. The van der Waals surface area contributed by atoms with Gasteiger partial charge in [0.15, 0.2) is 0 Å². The number of amides is 2. The molecule has 2 N–H and O–H groups in total. The average molecular weight is 276 g/mol. The van der Waals surface area contributed by atoms with Crippen LogP contribution in [-0.4, -0.2) is 35.7 Å². The summed E-state index contributed by atoms with van der Waals surface area (Å²) in [5.74, 6) is 0.432. The van der Waals surface area contributed by atoms with Crippen molar-refractivity contribution in [2.75, 3.05) is 19.7 Å². The number of benzene rings is 1. The predicted molar refractivity (Wildman–Crippen MR) is 79.5 cm³/mol. The molecular formula is C16H24N2O2. The third-order valence-corrected chi connectivity index (χ3v) is 4.15. The van der Waals surface area contributed by atoms with Gasteiger partial charge in [0.05, 0.1) is 12.6 Å². The number of likely N-dealkylation sites (N-methyl/N-ethyl adjacent to an activating group) is 1. The van der Waals surface area contributed by atoms with Crippen molar-refractivity contribution in [3.8, 4) is 0 Å². The first-order valence-electron chi connectivity index (χ1n) is 7.41. The molecule has 2 unspecified atom stereocenters. The summed E-state index contributed by atoms with van der Waals surface area (Å²) in [4.78, 5) is 13.9. The zero-order chi connectivity index (χ0) is 14.5. The second kappa shape index (κ2) is 6.75. The number of hydrogen-bond acceptors (Lipinski definition) is 2. The second-order valence-electron chi connectivity index (χ2n) is 5.45. The van der Waals surface area contributed by atoms with E-state index in [-0.39, 0.29) is 18.7 Å². The molecule has 1 aliphatic rings. The van der Waals surface area contributed by atoms with Gasteiger partial charge in [-0.3, -0.25) is 0 Å². The van der Waals surface area contributed by atoms with Crippen molar-refractivity contribution in [3.05, 3.63) is 35.4 Å². The van der Waals surface area contributed by atoms with E-state index >= 15 is 0 Å². The second-order valence-corrected chi connectivity index (χ2v) is 5.45. The quantitative estimate of drug-likeness (QED) is 0.887. The van der Waals surface area contributed by atoms with Gasteiger partial charge in [0.1, 0.15) is 0 Å². The van der Waals surface area contributed by atoms with E-state index in [1.165, 1.54) is 11.1 Å². The maximum atomic E-state index is 12.3. The number of aliphatic hydroxyl groups is 1. The number of nitrogens with zero attached hydrogens (tertiary/aromatic N) is 1. The van der Waals surface area contributed by atoms with Crippen LogP contribution in [0, 0.1) is 5.92 Å². The van der Waals surface area contributed by atoms with E-state index in [1.807, 2.05) is 13.0 Å². The number of hydrogen-bond donors (Lipinski definition) is 2. The molecule has 2 amide bonds. The molecule has 0 fully saturated rings. The summed E-state index contributed by atoms with van der Waals surface area (Å²) in [6.45, 7) is 5.09. The normalized spacial score (nSPS) is 21.1. The summed E-state index contributed by atoms with van der Waals surface area (Å²) >= 11 is 0. The SMILES string of the molecule is CCN(CCO)C(=O)NC1c2ccccc2CCC1C. The molecule has 0 saturated carbocycles. The molecule has 1 aromatic rings. The molecule has 0 saturated heterocycles. The third kappa shape index (κ3) is 3.12. The Kier molecular flexibility index (Phi) is 5.01. The van der Waals surface area contributed by atoms with Gasteiger partial charge in [0.25, 0.3) is 0 Å². The lowest BCUT2D eigenvalue weighted by molar-refractivity contribution is 0.172. The number of urea groups is 1. The van der Waals surface area contributed by atoms with Crippen molar-refractivity contribution in [3.63, 3.8) is 0 Å². The Hall–Kier alpha value is -1.55. The molecular weight excluding hydrogens is 252 g/mol. The van der Waals surface area contributed by atoms with Gasteiger partial charge in [0, 0.05) is 13.1 Å². The van der Waals surface area contributed by atoms with Gasteiger partial charge in [0.2, 0.25) is 0 Å². The zero-order valence-corrected chi connectivity index (χ0v) is 12.3. The molecule has 0 spiro atoms. The van der Waals surface area contributed by atoms with Crippen LogP contribution >= 0.6 is 0 Å². The Morgan fingerprint density at radius 2 is 2.20 bits per heavy atom. The molecule has 0 radical (unpaired) electrons. The molecule has 0 aromatic heterocycles. The molecule has 0 bridgehead atoms. The molecule has 0 heterocycles. The van der Waals surface area contributed by atoms with Crippen molar-refractivity contribution >= 4 is 6.03 Å². The van der Waals surface area contributed by atoms with Gasteiger partial charge in [-0.2, -0.15) is 0 Å². The van der Waals surface area contributed by atoms with Crippen molar-refractivity contribution in [2.24, 2.45) is 5.92 Å². The number of aryl methyl sites for hydroxylation is 1. The first-order valence-corrected chi connectivity index (χ1v) is 7.41. The maximum Gasteiger partial charge on any atom is 0.317 e. The third-order valence-electron chi connectivity index (χ3n) is 4.15. The van der Waals surface area contributed by atoms with Crippen LogP contribution in [0.2, 0.25) is 0 Å². The largest absolute Gasteiger partial charge is 0.395 e. The van der Waals surface area contributed by atoms with Crippen LogP contribution in [0.4, 0.5) is 4.79 Å². The minimum atomic E-state index is -0.0879. The maximum absolute atomic E-state index is 12.3. The molecule has 1 aliphatic carbocycles. The molecule has 4 heteroatoms. The van der Waals surface area contributed by atoms with Crippen LogP contribution in [0.1, 0.15) is 37.4 Å². The summed E-state index contributed by atoms with van der Waals surface area (Å²) in [6.07, 6.45) is 2.17. The van der Waals surface area contributed by atoms with Crippen LogP contribution < -0.4 is 5.32 Å². The lowest BCUT2D eigenvalue weighted by Gasteiger charge is -2.33. The van der Waals surface area contributed by atoms with Crippen LogP contribution in [0.5, 0.6) is 0 Å². The smallest absolute Gasteiger partial charge is 0.317 e. The van der Waals surface area contributed by atoms with E-state index < -0.39 is 0 Å². The number of carbonyl (C=O) groups is 1. The number of carbonyl (C=O) groups excluding carboxylic acids is 1. The van der Waals surface area contributed by atoms with E-state index in [2.05, 4.69) is 30.4 Å². The number of fused-ring (bicyclic) bond motifs is 1. The van der Waals surface area contributed by atoms with Crippen LogP contribution in [0.25, 0.3) is 0 Å². The van der Waals surface area contributed by atoms with Gasteiger partial charge in [-0.25, -0.2) is 4.79 Å². The molecule has 110 valence electrons. The van der Waals surface area contributed by atoms with Crippen molar-refractivity contribution in [1.82, 2.24) is 10.2 Å². The van der Waals surface area contributed by atoms with Gasteiger partial charge in [-0.15, -0.1) is 0 Å². The highest BCUT2D eigenvalue weighted by Crippen LogP contribution is 2.34. The fourth-order valence-corrected chi connectivity index (χ4v) is 2.89. The Morgan fingerprint density at radius 1 is 1.45 bits per heavy atom. The lowest BCUT2D eigenvalue weighted by Crippen LogP contribution is -2.45. The summed E-state index contributed by atoms with van der Waals surface area (Å²) in [6, 6.07) is 8.32. The molecule has 4 nitrogen and oxygen atoms in total. The van der Waals surface area contributed by atoms with Gasteiger partial charge in [-0.1, -0.05) is 31.2 Å². The number of nitrogens with one attached hydrogen (secondary N) is 1. The lowest BCUT2D eigenvalue weighted by atomic mass is 9.81. The summed E-state index contributed by atoms with van der Waals surface area (Å²) in [5, 5.41) is 12.1. The highest BCUT2D eigenvalue weighted by Gasteiger charge is 2.28. The monoisotopic (exact) mass is 276 g/mol. The molecule has 2 atom stereocenters.